The average Bonchev–Trinajstić information content (AvgIpc) is 2.77. The van der Waals surface area contributed by atoms with Crippen LogP contribution < -0.4 is 0 Å². The van der Waals surface area contributed by atoms with Crippen LogP contribution in [-0.4, -0.2) is 15.8 Å². The van der Waals surface area contributed by atoms with Crippen LogP contribution in [0.5, 0.6) is 0 Å². The van der Waals surface area contributed by atoms with Gasteiger partial charge in [0, 0.05) is 41.1 Å². The van der Waals surface area contributed by atoms with E-state index in [0.29, 0.717) is 17.1 Å². The fourth-order valence-electron chi connectivity index (χ4n) is 2.21. The fourth-order valence-corrected chi connectivity index (χ4v) is 2.37. The van der Waals surface area contributed by atoms with Gasteiger partial charge in [-0.25, -0.2) is 0 Å². The molecule has 0 aliphatic rings. The first-order valence-electron chi connectivity index (χ1n) is 5.90. The summed E-state index contributed by atoms with van der Waals surface area (Å²) in [6.07, 6.45) is 6.28. The molecule has 0 bridgehead atoms. The van der Waals surface area contributed by atoms with E-state index < -0.39 is 0 Å². The van der Waals surface area contributed by atoms with Crippen molar-refractivity contribution in [3.63, 3.8) is 0 Å². The summed E-state index contributed by atoms with van der Waals surface area (Å²) in [6, 6.07) is 9.45. The van der Waals surface area contributed by atoms with Crippen molar-refractivity contribution in [2.75, 3.05) is 0 Å². The fraction of sp³-hybridized carbons (Fsp3) is 0.0667. The van der Waals surface area contributed by atoms with Gasteiger partial charge in [0.2, 0.25) is 0 Å². The maximum atomic E-state index is 11.1. The Kier molecular flexibility index (Phi) is 3.05. The molecule has 0 fully saturated rings. The number of carbonyl (C=O) groups is 1. The average molecular weight is 271 g/mol. The molecule has 0 N–H and O–H groups in total. The second-order valence-corrected chi connectivity index (χ2v) is 4.79. The molecule has 0 radical (unpaired) electrons. The number of aldehydes is 1. The van der Waals surface area contributed by atoms with E-state index in [0.717, 1.165) is 22.8 Å². The van der Waals surface area contributed by atoms with Crippen molar-refractivity contribution in [3.8, 4) is 0 Å². The van der Waals surface area contributed by atoms with Gasteiger partial charge in [-0.2, -0.15) is 0 Å². The molecule has 2 aromatic heterocycles. The van der Waals surface area contributed by atoms with Crippen molar-refractivity contribution in [1.82, 2.24) is 9.55 Å². The second kappa shape index (κ2) is 4.86. The zero-order chi connectivity index (χ0) is 13.2. The summed E-state index contributed by atoms with van der Waals surface area (Å²) in [5, 5.41) is 1.58. The van der Waals surface area contributed by atoms with Crippen LogP contribution in [0, 0.1) is 0 Å². The van der Waals surface area contributed by atoms with Crippen molar-refractivity contribution in [3.05, 3.63) is 65.1 Å². The molecule has 2 heterocycles. The summed E-state index contributed by atoms with van der Waals surface area (Å²) in [4.78, 5) is 15.2. The smallest absolute Gasteiger partial charge is 0.152 e. The molecular weight excluding hydrogens is 260 g/mol. The minimum atomic E-state index is 0.662. The van der Waals surface area contributed by atoms with Gasteiger partial charge in [-0.3, -0.25) is 9.78 Å². The first-order valence-corrected chi connectivity index (χ1v) is 6.28. The van der Waals surface area contributed by atoms with Gasteiger partial charge in [-0.1, -0.05) is 23.7 Å². The van der Waals surface area contributed by atoms with E-state index >= 15 is 0 Å². The Labute approximate surface area is 115 Å². The standard InChI is InChI=1S/C15H11ClN2O/c16-13-3-4-14-12(10-19)9-18(15(14)6-13)8-11-2-1-5-17-7-11/h1-7,9-10H,8H2. The predicted molar refractivity (Wildman–Crippen MR) is 75.7 cm³/mol. The second-order valence-electron chi connectivity index (χ2n) is 4.35. The van der Waals surface area contributed by atoms with Crippen molar-refractivity contribution in [2.45, 2.75) is 6.54 Å². The Morgan fingerprint density at radius 1 is 1.32 bits per heavy atom. The van der Waals surface area contributed by atoms with Crippen molar-refractivity contribution < 1.29 is 4.79 Å². The Morgan fingerprint density at radius 2 is 2.21 bits per heavy atom. The molecule has 4 heteroatoms. The third kappa shape index (κ3) is 2.25. The largest absolute Gasteiger partial charge is 0.342 e. The van der Waals surface area contributed by atoms with Gasteiger partial charge in [0.25, 0.3) is 0 Å². The normalized spacial score (nSPS) is 10.8. The van der Waals surface area contributed by atoms with E-state index in [9.17, 15) is 4.79 Å². The molecule has 1 aromatic carbocycles. The van der Waals surface area contributed by atoms with E-state index in [1.165, 1.54) is 0 Å². The van der Waals surface area contributed by atoms with Crippen LogP contribution in [0.2, 0.25) is 5.02 Å². The van der Waals surface area contributed by atoms with Crippen molar-refractivity contribution in [1.29, 1.82) is 0 Å². The molecule has 0 saturated carbocycles. The van der Waals surface area contributed by atoms with Gasteiger partial charge in [0.15, 0.2) is 6.29 Å². The number of nitrogens with zero attached hydrogens (tertiary/aromatic N) is 2. The summed E-state index contributed by atoms with van der Waals surface area (Å²) in [6.45, 7) is 0.665. The zero-order valence-corrected chi connectivity index (χ0v) is 10.8. The molecule has 3 rings (SSSR count). The number of benzene rings is 1. The zero-order valence-electron chi connectivity index (χ0n) is 10.1. The minimum absolute atomic E-state index is 0.662. The number of hydrogen-bond acceptors (Lipinski definition) is 2. The number of halogens is 1. The number of rotatable bonds is 3. The number of aromatic nitrogens is 2. The highest BCUT2D eigenvalue weighted by atomic mass is 35.5. The topological polar surface area (TPSA) is 34.9 Å². The van der Waals surface area contributed by atoms with Crippen molar-refractivity contribution in [2.24, 2.45) is 0 Å². The minimum Gasteiger partial charge on any atom is -0.342 e. The Balaban J connectivity index is 2.13. The van der Waals surface area contributed by atoms with Gasteiger partial charge in [0.1, 0.15) is 0 Å². The summed E-state index contributed by atoms with van der Waals surface area (Å²) in [7, 11) is 0. The molecule has 0 saturated heterocycles. The highest BCUT2D eigenvalue weighted by molar-refractivity contribution is 6.31. The third-order valence-electron chi connectivity index (χ3n) is 3.08. The maximum Gasteiger partial charge on any atom is 0.152 e. The van der Waals surface area contributed by atoms with Gasteiger partial charge in [-0.15, -0.1) is 0 Å². The van der Waals surface area contributed by atoms with Gasteiger partial charge in [0.05, 0.1) is 5.52 Å². The first kappa shape index (κ1) is 11.9. The maximum absolute atomic E-state index is 11.1. The molecule has 0 aliphatic heterocycles. The highest BCUT2D eigenvalue weighted by Crippen LogP contribution is 2.24. The monoisotopic (exact) mass is 270 g/mol. The molecule has 0 aliphatic carbocycles. The number of carbonyl (C=O) groups excluding carboxylic acids is 1. The van der Waals surface area contributed by atoms with Gasteiger partial charge in [-0.05, 0) is 23.8 Å². The van der Waals surface area contributed by atoms with E-state index in [4.69, 9.17) is 11.6 Å². The quantitative estimate of drug-likeness (QED) is 0.682. The Morgan fingerprint density at radius 3 is 2.95 bits per heavy atom. The molecule has 3 aromatic rings. The molecule has 0 spiro atoms. The van der Waals surface area contributed by atoms with Crippen LogP contribution in [0.25, 0.3) is 10.9 Å². The van der Waals surface area contributed by atoms with Crippen LogP contribution >= 0.6 is 11.6 Å². The lowest BCUT2D eigenvalue weighted by molar-refractivity contribution is 0.112. The van der Waals surface area contributed by atoms with Gasteiger partial charge < -0.3 is 4.57 Å². The molecule has 0 unspecified atom stereocenters. The van der Waals surface area contributed by atoms with Crippen LogP contribution in [-0.2, 0) is 6.54 Å². The lowest BCUT2D eigenvalue weighted by Crippen LogP contribution is -1.98. The molecule has 3 nitrogen and oxygen atoms in total. The molecule has 19 heavy (non-hydrogen) atoms. The van der Waals surface area contributed by atoms with Crippen LogP contribution in [0.3, 0.4) is 0 Å². The number of pyridine rings is 1. The molecule has 94 valence electrons. The van der Waals surface area contributed by atoms with Gasteiger partial charge >= 0.3 is 0 Å². The van der Waals surface area contributed by atoms with E-state index in [2.05, 4.69) is 4.98 Å². The number of fused-ring (bicyclic) bond motifs is 1. The lowest BCUT2D eigenvalue weighted by atomic mass is 10.2. The summed E-state index contributed by atoms with van der Waals surface area (Å²) in [5.41, 5.74) is 2.71. The molecular formula is C15H11ClN2O. The van der Waals surface area contributed by atoms with E-state index in [1.54, 1.807) is 12.3 Å². The van der Waals surface area contributed by atoms with Crippen LogP contribution in [0.4, 0.5) is 0 Å². The summed E-state index contributed by atoms with van der Waals surface area (Å²) in [5.74, 6) is 0. The van der Waals surface area contributed by atoms with E-state index in [1.807, 2.05) is 41.2 Å². The third-order valence-corrected chi connectivity index (χ3v) is 3.31. The molecule has 0 atom stereocenters. The highest BCUT2D eigenvalue weighted by Gasteiger charge is 2.08. The van der Waals surface area contributed by atoms with Crippen LogP contribution in [0.1, 0.15) is 15.9 Å². The van der Waals surface area contributed by atoms with E-state index in [-0.39, 0.29) is 0 Å². The predicted octanol–water partition coefficient (Wildman–Crippen LogP) is 3.55. The SMILES string of the molecule is O=Cc1cn(Cc2cccnc2)c2cc(Cl)ccc12. The summed E-state index contributed by atoms with van der Waals surface area (Å²) < 4.78 is 2.02. The Hall–Kier alpha value is -2.13. The molecule has 0 amide bonds. The first-order chi connectivity index (χ1) is 9.28. The Bertz CT molecular complexity index is 734. The number of hydrogen-bond donors (Lipinski definition) is 0. The lowest BCUT2D eigenvalue weighted by Gasteiger charge is -2.05. The van der Waals surface area contributed by atoms with Crippen LogP contribution in [0.15, 0.2) is 48.9 Å². The van der Waals surface area contributed by atoms with Crippen molar-refractivity contribution >= 4 is 28.8 Å². The summed E-state index contributed by atoms with van der Waals surface area (Å²) >= 11 is 6.03.